The number of anilines is 1. The van der Waals surface area contributed by atoms with Gasteiger partial charge in [-0.05, 0) is 54.9 Å². The molecule has 0 bridgehead atoms. The standard InChI is InChI=1S/C30H43N3O4S/c1-7-27(29(35)31-25-10-8-9-11-25)32(20-23-14-12-22(2)13-15-23)28(34)21-33(38(6,36)37)26-18-16-24(17-19-26)30(3,4)5/h12-19,25,27H,7-11,20-21H2,1-6H3,(H,31,35)/t27-/m0/s1. The molecule has 2 aromatic rings. The molecule has 2 amide bonds. The maximum Gasteiger partial charge on any atom is 0.244 e. The van der Waals surface area contributed by atoms with Gasteiger partial charge in [0, 0.05) is 12.6 Å². The lowest BCUT2D eigenvalue weighted by molar-refractivity contribution is -0.140. The van der Waals surface area contributed by atoms with Crippen LogP contribution in [0.5, 0.6) is 0 Å². The molecule has 8 heteroatoms. The molecule has 1 atom stereocenters. The van der Waals surface area contributed by atoms with Crippen LogP contribution in [0.4, 0.5) is 5.69 Å². The number of aryl methyl sites for hydroxylation is 1. The van der Waals surface area contributed by atoms with Crippen LogP contribution >= 0.6 is 0 Å². The average Bonchev–Trinajstić information content (AvgIpc) is 3.35. The smallest absolute Gasteiger partial charge is 0.244 e. The Labute approximate surface area is 228 Å². The van der Waals surface area contributed by atoms with Gasteiger partial charge in [-0.3, -0.25) is 13.9 Å². The first-order valence-corrected chi connectivity index (χ1v) is 15.4. The first-order chi connectivity index (χ1) is 17.8. The molecule has 38 heavy (non-hydrogen) atoms. The Balaban J connectivity index is 1.91. The molecule has 1 aliphatic rings. The van der Waals surface area contributed by atoms with Crippen molar-refractivity contribution >= 4 is 27.5 Å². The van der Waals surface area contributed by atoms with Gasteiger partial charge >= 0.3 is 0 Å². The number of hydrogen-bond acceptors (Lipinski definition) is 4. The zero-order valence-corrected chi connectivity index (χ0v) is 24.5. The highest BCUT2D eigenvalue weighted by Crippen LogP contribution is 2.26. The van der Waals surface area contributed by atoms with E-state index in [2.05, 4.69) is 26.1 Å². The minimum atomic E-state index is -3.76. The van der Waals surface area contributed by atoms with Crippen LogP contribution in [0.1, 0.15) is 76.5 Å². The summed E-state index contributed by atoms with van der Waals surface area (Å²) in [5.74, 6) is -0.593. The van der Waals surface area contributed by atoms with Crippen LogP contribution in [-0.4, -0.2) is 50.0 Å². The summed E-state index contributed by atoms with van der Waals surface area (Å²) < 4.78 is 26.8. The second-order valence-electron chi connectivity index (χ2n) is 11.5. The largest absolute Gasteiger partial charge is 0.352 e. The molecule has 3 rings (SSSR count). The zero-order valence-electron chi connectivity index (χ0n) is 23.7. The fourth-order valence-corrected chi connectivity index (χ4v) is 5.77. The van der Waals surface area contributed by atoms with Crippen LogP contribution in [0.15, 0.2) is 48.5 Å². The van der Waals surface area contributed by atoms with Crippen LogP contribution in [0.3, 0.4) is 0 Å². The second-order valence-corrected chi connectivity index (χ2v) is 13.4. The number of benzene rings is 2. The summed E-state index contributed by atoms with van der Waals surface area (Å²) in [5, 5.41) is 3.13. The molecule has 0 aromatic heterocycles. The predicted molar refractivity (Wildman–Crippen MR) is 154 cm³/mol. The molecule has 1 N–H and O–H groups in total. The van der Waals surface area contributed by atoms with E-state index < -0.39 is 22.0 Å². The van der Waals surface area contributed by atoms with E-state index in [0.29, 0.717) is 12.1 Å². The molecule has 1 fully saturated rings. The van der Waals surface area contributed by atoms with Gasteiger partial charge < -0.3 is 10.2 Å². The second kappa shape index (κ2) is 12.3. The molecular weight excluding hydrogens is 498 g/mol. The van der Waals surface area contributed by atoms with Crippen LogP contribution in [0.2, 0.25) is 0 Å². The number of carbonyl (C=O) groups excluding carboxylic acids is 2. The Morgan fingerprint density at radius 1 is 1.00 bits per heavy atom. The van der Waals surface area contributed by atoms with Crippen molar-refractivity contribution in [3.05, 3.63) is 65.2 Å². The lowest BCUT2D eigenvalue weighted by Crippen LogP contribution is -2.53. The Hall–Kier alpha value is -2.87. The van der Waals surface area contributed by atoms with Crippen molar-refractivity contribution in [3.63, 3.8) is 0 Å². The molecule has 0 radical (unpaired) electrons. The molecule has 7 nitrogen and oxygen atoms in total. The number of rotatable bonds is 10. The number of nitrogens with one attached hydrogen (secondary N) is 1. The van der Waals surface area contributed by atoms with Gasteiger partial charge in [-0.25, -0.2) is 8.42 Å². The van der Waals surface area contributed by atoms with Gasteiger partial charge in [0.25, 0.3) is 0 Å². The average molecular weight is 542 g/mol. The highest BCUT2D eigenvalue weighted by molar-refractivity contribution is 7.92. The Morgan fingerprint density at radius 2 is 1.58 bits per heavy atom. The van der Waals surface area contributed by atoms with E-state index in [0.717, 1.165) is 52.9 Å². The van der Waals surface area contributed by atoms with Gasteiger partial charge in [0.2, 0.25) is 21.8 Å². The first kappa shape index (κ1) is 29.7. The summed E-state index contributed by atoms with van der Waals surface area (Å²) in [6.07, 6.45) is 5.60. The maximum absolute atomic E-state index is 13.9. The summed E-state index contributed by atoms with van der Waals surface area (Å²) in [5.41, 5.74) is 3.39. The van der Waals surface area contributed by atoms with E-state index in [1.807, 2.05) is 50.2 Å². The van der Waals surface area contributed by atoms with Crippen LogP contribution in [0, 0.1) is 6.92 Å². The van der Waals surface area contributed by atoms with Gasteiger partial charge in [0.1, 0.15) is 12.6 Å². The minimum absolute atomic E-state index is 0.0872. The normalized spacial score (nSPS) is 15.2. The number of sulfonamides is 1. The van der Waals surface area contributed by atoms with E-state index in [9.17, 15) is 18.0 Å². The summed E-state index contributed by atoms with van der Waals surface area (Å²) in [7, 11) is -3.76. The van der Waals surface area contributed by atoms with Crippen LogP contribution in [0.25, 0.3) is 0 Å². The first-order valence-electron chi connectivity index (χ1n) is 13.5. The molecule has 0 spiro atoms. The molecule has 2 aromatic carbocycles. The Kier molecular flexibility index (Phi) is 9.63. The van der Waals surface area contributed by atoms with Gasteiger partial charge in [0.05, 0.1) is 11.9 Å². The van der Waals surface area contributed by atoms with Crippen molar-refractivity contribution in [1.29, 1.82) is 0 Å². The van der Waals surface area contributed by atoms with Gasteiger partial charge in [0.15, 0.2) is 0 Å². The summed E-state index contributed by atoms with van der Waals surface area (Å²) in [6, 6.07) is 14.5. The Morgan fingerprint density at radius 3 is 2.08 bits per heavy atom. The van der Waals surface area contributed by atoms with Gasteiger partial charge in [-0.1, -0.05) is 82.5 Å². The number of nitrogens with zero attached hydrogens (tertiary/aromatic N) is 2. The van der Waals surface area contributed by atoms with Crippen molar-refractivity contribution in [1.82, 2.24) is 10.2 Å². The SMILES string of the molecule is CC[C@@H](C(=O)NC1CCCC1)N(Cc1ccc(C)cc1)C(=O)CN(c1ccc(C(C)(C)C)cc1)S(C)(=O)=O. The monoisotopic (exact) mass is 541 g/mol. The van der Waals surface area contributed by atoms with E-state index in [-0.39, 0.29) is 30.5 Å². The molecule has 1 aliphatic carbocycles. The topological polar surface area (TPSA) is 86.8 Å². The predicted octanol–water partition coefficient (Wildman–Crippen LogP) is 4.92. The summed E-state index contributed by atoms with van der Waals surface area (Å²) in [6.45, 7) is 9.97. The summed E-state index contributed by atoms with van der Waals surface area (Å²) >= 11 is 0. The van der Waals surface area contributed by atoms with Gasteiger partial charge in [-0.2, -0.15) is 0 Å². The lowest BCUT2D eigenvalue weighted by atomic mass is 9.87. The van der Waals surface area contributed by atoms with Crippen molar-refractivity contribution < 1.29 is 18.0 Å². The molecule has 0 aliphatic heterocycles. The Bertz CT molecular complexity index is 1200. The number of hydrogen-bond donors (Lipinski definition) is 1. The van der Waals surface area contributed by atoms with Crippen LogP contribution < -0.4 is 9.62 Å². The maximum atomic E-state index is 13.9. The van der Waals surface area contributed by atoms with Crippen LogP contribution in [-0.2, 0) is 31.6 Å². The highest BCUT2D eigenvalue weighted by atomic mass is 32.2. The fourth-order valence-electron chi connectivity index (χ4n) is 4.92. The molecular formula is C30H43N3O4S. The highest BCUT2D eigenvalue weighted by Gasteiger charge is 2.33. The number of amides is 2. The molecule has 0 saturated heterocycles. The molecule has 0 unspecified atom stereocenters. The fraction of sp³-hybridized carbons (Fsp3) is 0.533. The summed E-state index contributed by atoms with van der Waals surface area (Å²) in [4.78, 5) is 28.8. The van der Waals surface area contributed by atoms with Crippen molar-refractivity contribution in [2.24, 2.45) is 0 Å². The lowest BCUT2D eigenvalue weighted by Gasteiger charge is -2.33. The number of carbonyl (C=O) groups is 2. The molecule has 208 valence electrons. The third-order valence-corrected chi connectivity index (χ3v) is 8.40. The van der Waals surface area contributed by atoms with E-state index in [1.165, 1.54) is 4.90 Å². The quantitative estimate of drug-likeness (QED) is 0.462. The van der Waals surface area contributed by atoms with Crippen molar-refractivity contribution in [2.45, 2.75) is 90.8 Å². The minimum Gasteiger partial charge on any atom is -0.352 e. The van der Waals surface area contributed by atoms with Gasteiger partial charge in [-0.15, -0.1) is 0 Å². The van der Waals surface area contributed by atoms with E-state index in [4.69, 9.17) is 0 Å². The third-order valence-electron chi connectivity index (χ3n) is 7.26. The van der Waals surface area contributed by atoms with Crippen molar-refractivity contribution in [2.75, 3.05) is 17.1 Å². The molecule has 0 heterocycles. The van der Waals surface area contributed by atoms with Crippen molar-refractivity contribution in [3.8, 4) is 0 Å². The van der Waals surface area contributed by atoms with E-state index >= 15 is 0 Å². The zero-order chi connectivity index (χ0) is 28.1. The molecule has 1 saturated carbocycles. The van der Waals surface area contributed by atoms with E-state index in [1.54, 1.807) is 12.1 Å². The third kappa shape index (κ3) is 7.82.